The third kappa shape index (κ3) is 4.34. The van der Waals surface area contributed by atoms with Crippen molar-refractivity contribution in [2.24, 2.45) is 0 Å². The molecule has 5 rings (SSSR count). The highest BCUT2D eigenvalue weighted by Gasteiger charge is 2.29. The molecule has 34 heavy (non-hydrogen) atoms. The number of thiophene rings is 1. The van der Waals surface area contributed by atoms with Crippen LogP contribution in [-0.4, -0.2) is 26.1 Å². The lowest BCUT2D eigenvalue weighted by Gasteiger charge is -2.13. The maximum atomic E-state index is 13.6. The van der Waals surface area contributed by atoms with E-state index in [-0.39, 0.29) is 22.9 Å². The van der Waals surface area contributed by atoms with E-state index in [2.05, 4.69) is 5.32 Å². The molecule has 8 nitrogen and oxygen atoms in total. The van der Waals surface area contributed by atoms with Crippen LogP contribution < -0.4 is 10.9 Å². The van der Waals surface area contributed by atoms with E-state index in [1.54, 1.807) is 17.6 Å². The van der Waals surface area contributed by atoms with Crippen molar-refractivity contribution in [3.63, 3.8) is 0 Å². The Morgan fingerprint density at radius 1 is 1.26 bits per heavy atom. The van der Waals surface area contributed by atoms with Gasteiger partial charge in [-0.15, -0.1) is 11.3 Å². The van der Waals surface area contributed by atoms with E-state index in [0.29, 0.717) is 32.7 Å². The summed E-state index contributed by atoms with van der Waals surface area (Å²) in [6.45, 7) is 1.77. The molecule has 1 aliphatic carbocycles. The van der Waals surface area contributed by atoms with Crippen molar-refractivity contribution in [1.82, 2.24) is 9.55 Å². The van der Waals surface area contributed by atoms with Crippen LogP contribution in [0, 0.1) is 17.0 Å². The lowest BCUT2D eigenvalue weighted by Crippen LogP contribution is -2.23. The molecule has 0 bridgehead atoms. The molecule has 10 heteroatoms. The first-order valence-electron chi connectivity index (χ1n) is 10.7. The molecular weight excluding hydrogens is 472 g/mol. The first-order chi connectivity index (χ1) is 16.4. The van der Waals surface area contributed by atoms with E-state index in [1.807, 2.05) is 35.7 Å². The minimum absolute atomic E-state index is 0.00618. The van der Waals surface area contributed by atoms with Gasteiger partial charge in [0.2, 0.25) is 5.91 Å². The van der Waals surface area contributed by atoms with Crippen LogP contribution in [0.1, 0.15) is 29.9 Å². The number of hydrogen-bond acceptors (Lipinski definition) is 7. The molecule has 2 aromatic carbocycles. The van der Waals surface area contributed by atoms with Crippen molar-refractivity contribution in [1.29, 1.82) is 0 Å². The largest absolute Gasteiger partial charge is 0.325 e. The summed E-state index contributed by atoms with van der Waals surface area (Å²) in [5.74, 6) is 0.0793. The van der Waals surface area contributed by atoms with Gasteiger partial charge in [0.25, 0.3) is 11.2 Å². The maximum absolute atomic E-state index is 13.6. The molecule has 0 aliphatic heterocycles. The SMILES string of the molecule is Cc1ccc([N+](=O)[O-])cc1NC(=O)CSc1nc2scc(C3CC3)c2c(=O)n1-c1ccccc1. The summed E-state index contributed by atoms with van der Waals surface area (Å²) in [7, 11) is 0. The highest BCUT2D eigenvalue weighted by Crippen LogP contribution is 2.44. The molecule has 0 atom stereocenters. The van der Waals surface area contributed by atoms with Gasteiger partial charge in [0.15, 0.2) is 5.16 Å². The van der Waals surface area contributed by atoms with Crippen LogP contribution in [0.2, 0.25) is 0 Å². The summed E-state index contributed by atoms with van der Waals surface area (Å²) in [5.41, 5.74) is 2.64. The summed E-state index contributed by atoms with van der Waals surface area (Å²) in [6.07, 6.45) is 2.18. The van der Waals surface area contributed by atoms with Gasteiger partial charge in [-0.25, -0.2) is 4.98 Å². The number of carbonyl (C=O) groups excluding carboxylic acids is 1. The second-order valence-electron chi connectivity index (χ2n) is 8.11. The number of thioether (sulfide) groups is 1. The Hall–Kier alpha value is -3.50. The number of anilines is 1. The molecule has 1 fully saturated rings. The van der Waals surface area contributed by atoms with E-state index >= 15 is 0 Å². The average molecular weight is 493 g/mol. The molecule has 2 heterocycles. The van der Waals surface area contributed by atoms with E-state index in [9.17, 15) is 19.7 Å². The monoisotopic (exact) mass is 492 g/mol. The van der Waals surface area contributed by atoms with Crippen molar-refractivity contribution >= 4 is 50.6 Å². The van der Waals surface area contributed by atoms with Gasteiger partial charge in [-0.3, -0.25) is 24.3 Å². The van der Waals surface area contributed by atoms with Crippen molar-refractivity contribution < 1.29 is 9.72 Å². The third-order valence-electron chi connectivity index (χ3n) is 5.68. The van der Waals surface area contributed by atoms with Crippen LogP contribution in [0.5, 0.6) is 0 Å². The molecule has 1 amide bonds. The number of carbonyl (C=O) groups is 1. The zero-order chi connectivity index (χ0) is 23.8. The predicted octanol–water partition coefficient (Wildman–Crippen LogP) is 5.27. The maximum Gasteiger partial charge on any atom is 0.271 e. The summed E-state index contributed by atoms with van der Waals surface area (Å²) >= 11 is 2.62. The van der Waals surface area contributed by atoms with Gasteiger partial charge in [0.05, 0.1) is 27.4 Å². The smallest absolute Gasteiger partial charge is 0.271 e. The number of nitro groups is 1. The van der Waals surface area contributed by atoms with E-state index in [4.69, 9.17) is 4.98 Å². The first kappa shape index (κ1) is 22.3. The van der Waals surface area contributed by atoms with Gasteiger partial charge in [-0.05, 0) is 54.3 Å². The number of rotatable bonds is 7. The minimum atomic E-state index is -0.502. The second kappa shape index (κ2) is 9.03. The zero-order valence-corrected chi connectivity index (χ0v) is 19.8. The second-order valence-corrected chi connectivity index (χ2v) is 9.91. The predicted molar refractivity (Wildman–Crippen MR) is 134 cm³/mol. The first-order valence-corrected chi connectivity index (χ1v) is 12.6. The van der Waals surface area contributed by atoms with Crippen molar-refractivity contribution in [2.45, 2.75) is 30.8 Å². The highest BCUT2D eigenvalue weighted by molar-refractivity contribution is 7.99. The van der Waals surface area contributed by atoms with Crippen LogP contribution >= 0.6 is 23.1 Å². The lowest BCUT2D eigenvalue weighted by atomic mass is 10.1. The molecule has 2 aromatic heterocycles. The van der Waals surface area contributed by atoms with Gasteiger partial charge in [0, 0.05) is 12.1 Å². The molecule has 0 unspecified atom stereocenters. The number of benzene rings is 2. The topological polar surface area (TPSA) is 107 Å². The van der Waals surface area contributed by atoms with Gasteiger partial charge in [-0.1, -0.05) is 36.0 Å². The normalized spacial score (nSPS) is 13.2. The molecular formula is C24H20N4O4S2. The molecule has 0 radical (unpaired) electrons. The number of amides is 1. The number of nitro benzene ring substituents is 1. The molecule has 0 saturated heterocycles. The fourth-order valence-electron chi connectivity index (χ4n) is 3.76. The van der Waals surface area contributed by atoms with Crippen LogP contribution in [-0.2, 0) is 4.79 Å². The Balaban J connectivity index is 1.46. The Labute approximate surface area is 202 Å². The lowest BCUT2D eigenvalue weighted by molar-refractivity contribution is -0.384. The fraction of sp³-hybridized carbons (Fsp3) is 0.208. The van der Waals surface area contributed by atoms with Crippen LogP contribution in [0.4, 0.5) is 11.4 Å². The molecule has 0 spiro atoms. The van der Waals surface area contributed by atoms with Gasteiger partial charge < -0.3 is 5.32 Å². The summed E-state index contributed by atoms with van der Waals surface area (Å²) in [4.78, 5) is 42.3. The summed E-state index contributed by atoms with van der Waals surface area (Å²) in [6, 6.07) is 13.6. The molecule has 1 saturated carbocycles. The Morgan fingerprint density at radius 3 is 2.74 bits per heavy atom. The number of nitrogens with zero attached hydrogens (tertiary/aromatic N) is 3. The van der Waals surface area contributed by atoms with Gasteiger partial charge in [0.1, 0.15) is 4.83 Å². The molecule has 4 aromatic rings. The number of nitrogens with one attached hydrogen (secondary N) is 1. The van der Waals surface area contributed by atoms with Gasteiger partial charge in [-0.2, -0.15) is 0 Å². The van der Waals surface area contributed by atoms with E-state index < -0.39 is 4.92 Å². The quantitative estimate of drug-likeness (QED) is 0.163. The standard InChI is InChI=1S/C24H20N4O4S2/c1-14-7-10-17(28(31)32)11-19(14)25-20(29)13-34-24-26-22-21(18(12-33-22)15-8-9-15)23(30)27(24)16-5-3-2-4-6-16/h2-7,10-12,15H,8-9,13H2,1H3,(H,25,29). The number of aryl methyl sites for hydroxylation is 1. The van der Waals surface area contributed by atoms with Crippen molar-refractivity contribution in [3.05, 3.63) is 85.5 Å². The fourth-order valence-corrected chi connectivity index (χ4v) is 5.64. The van der Waals surface area contributed by atoms with Crippen LogP contribution in [0.15, 0.2) is 63.9 Å². The number of hydrogen-bond donors (Lipinski definition) is 1. The minimum Gasteiger partial charge on any atom is -0.325 e. The van der Waals surface area contributed by atoms with Crippen molar-refractivity contribution in [3.8, 4) is 5.69 Å². The average Bonchev–Trinajstić information content (AvgIpc) is 3.58. The third-order valence-corrected chi connectivity index (χ3v) is 7.50. The Morgan fingerprint density at radius 2 is 2.03 bits per heavy atom. The summed E-state index contributed by atoms with van der Waals surface area (Å²) < 4.78 is 1.57. The number of aromatic nitrogens is 2. The number of para-hydroxylation sites is 1. The van der Waals surface area contributed by atoms with Crippen LogP contribution in [0.25, 0.3) is 15.9 Å². The van der Waals surface area contributed by atoms with E-state index in [0.717, 1.165) is 35.7 Å². The van der Waals surface area contributed by atoms with Crippen LogP contribution in [0.3, 0.4) is 0 Å². The number of non-ortho nitro benzene ring substituents is 1. The molecule has 1 aliphatic rings. The Bertz CT molecular complexity index is 1480. The zero-order valence-electron chi connectivity index (χ0n) is 18.2. The van der Waals surface area contributed by atoms with Gasteiger partial charge >= 0.3 is 0 Å². The van der Waals surface area contributed by atoms with Crippen molar-refractivity contribution in [2.75, 3.05) is 11.1 Å². The highest BCUT2D eigenvalue weighted by atomic mass is 32.2. The number of fused-ring (bicyclic) bond motifs is 1. The summed E-state index contributed by atoms with van der Waals surface area (Å²) in [5, 5.41) is 16.9. The van der Waals surface area contributed by atoms with E-state index in [1.165, 1.54) is 23.5 Å². The Kier molecular flexibility index (Phi) is 5.93. The molecule has 172 valence electrons. The molecule has 1 N–H and O–H groups in total.